The van der Waals surface area contributed by atoms with Crippen molar-refractivity contribution in [2.45, 2.75) is 50.9 Å². The van der Waals surface area contributed by atoms with Crippen molar-refractivity contribution >= 4 is 49.1 Å². The van der Waals surface area contributed by atoms with Gasteiger partial charge in [-0.25, -0.2) is 0 Å². The molecule has 2 unspecified atom stereocenters. The van der Waals surface area contributed by atoms with Gasteiger partial charge < -0.3 is 14.6 Å². The fourth-order valence-corrected chi connectivity index (χ4v) is 5.24. The molecule has 0 spiro atoms. The highest BCUT2D eigenvalue weighted by Crippen LogP contribution is 2.36. The molecule has 1 aliphatic heterocycles. The molecule has 182 valence electrons. The van der Waals surface area contributed by atoms with Crippen LogP contribution in [0.5, 0.6) is 0 Å². The summed E-state index contributed by atoms with van der Waals surface area (Å²) < 4.78 is 6.79. The summed E-state index contributed by atoms with van der Waals surface area (Å²) in [4.78, 5) is 20.0. The molecule has 0 fully saturated rings. The molecule has 0 aliphatic carbocycles. The molecule has 2 aromatic rings. The van der Waals surface area contributed by atoms with E-state index in [1.54, 1.807) is 23.2 Å². The number of carbonyl (C=O) groups is 1. The molecular weight excluding hydrogens is 488 g/mol. The van der Waals surface area contributed by atoms with Gasteiger partial charge in [-0.05, 0) is 48.0 Å². The van der Waals surface area contributed by atoms with Crippen molar-refractivity contribution in [2.24, 2.45) is 5.16 Å². The molecule has 34 heavy (non-hydrogen) atoms. The topological polar surface area (TPSA) is 86.9 Å². The Balaban J connectivity index is 1.57. The van der Waals surface area contributed by atoms with Gasteiger partial charge in [0.15, 0.2) is 20.6 Å². The Morgan fingerprint density at radius 2 is 2.00 bits per heavy atom. The largest absolute Gasteiger partial charge is 0.415 e. The molecule has 7 nitrogen and oxygen atoms in total. The highest BCUT2D eigenvalue weighted by Gasteiger charge is 2.37. The standard InChI is InChI=1S/C24H31ClN4O3SSi/c1-24(2,3)34(4,5)31-13-12-29(16-26)18-8-6-17(7-9-18)19-14-28-32-20(19)15-27-23(30)21-10-11-22(25)33-21/h6-11,14,19-20H,12-13,15H2,1-5H3,(H,27,30). The second-order valence-electron chi connectivity index (χ2n) is 9.69. The van der Waals surface area contributed by atoms with Gasteiger partial charge in [-0.15, -0.1) is 11.3 Å². The molecule has 0 radical (unpaired) electrons. The highest BCUT2D eigenvalue weighted by molar-refractivity contribution is 7.18. The summed E-state index contributed by atoms with van der Waals surface area (Å²) in [6, 6.07) is 11.2. The number of halogens is 1. The van der Waals surface area contributed by atoms with Crippen LogP contribution in [0, 0.1) is 11.5 Å². The first-order chi connectivity index (χ1) is 16.0. The summed E-state index contributed by atoms with van der Waals surface area (Å²) in [5, 5.41) is 16.6. The summed E-state index contributed by atoms with van der Waals surface area (Å²) in [6.45, 7) is 12.3. The molecule has 2 atom stereocenters. The van der Waals surface area contributed by atoms with Gasteiger partial charge in [0.05, 0.1) is 46.7 Å². The number of anilines is 1. The zero-order valence-corrected chi connectivity index (χ0v) is 22.7. The van der Waals surface area contributed by atoms with Gasteiger partial charge in [-0.1, -0.05) is 49.7 Å². The monoisotopic (exact) mass is 518 g/mol. The number of amides is 1. The van der Waals surface area contributed by atoms with Crippen LogP contribution in [0.3, 0.4) is 0 Å². The van der Waals surface area contributed by atoms with Gasteiger partial charge in [0.25, 0.3) is 5.91 Å². The first kappa shape index (κ1) is 26.2. The smallest absolute Gasteiger partial charge is 0.261 e. The third-order valence-corrected chi connectivity index (χ3v) is 12.1. The summed E-state index contributed by atoms with van der Waals surface area (Å²) in [6.07, 6.45) is 3.68. The lowest BCUT2D eigenvalue weighted by Gasteiger charge is -2.36. The lowest BCUT2D eigenvalue weighted by atomic mass is 9.94. The van der Waals surface area contributed by atoms with E-state index in [4.69, 9.17) is 20.9 Å². The van der Waals surface area contributed by atoms with Gasteiger partial charge >= 0.3 is 0 Å². The Labute approximate surface area is 211 Å². The maximum Gasteiger partial charge on any atom is 0.261 e. The van der Waals surface area contributed by atoms with Crippen molar-refractivity contribution in [1.82, 2.24) is 5.32 Å². The van der Waals surface area contributed by atoms with Crippen molar-refractivity contribution in [3.63, 3.8) is 0 Å². The molecule has 0 saturated heterocycles. The fraction of sp³-hybridized carbons (Fsp3) is 0.458. The van der Waals surface area contributed by atoms with Crippen LogP contribution in [0.4, 0.5) is 5.69 Å². The first-order valence-corrected chi connectivity index (χ1v) is 15.3. The third-order valence-electron chi connectivity index (χ3n) is 6.37. The summed E-state index contributed by atoms with van der Waals surface area (Å²) in [5.74, 6) is -0.287. The predicted octanol–water partition coefficient (Wildman–Crippen LogP) is 5.61. The van der Waals surface area contributed by atoms with E-state index in [0.29, 0.717) is 28.9 Å². The van der Waals surface area contributed by atoms with Crippen molar-refractivity contribution in [1.29, 1.82) is 5.26 Å². The Hall–Kier alpha value is -2.38. The van der Waals surface area contributed by atoms with Crippen molar-refractivity contribution in [3.8, 4) is 6.19 Å². The molecule has 0 bridgehead atoms. The van der Waals surface area contributed by atoms with E-state index in [-0.39, 0.29) is 23.0 Å². The average molecular weight is 519 g/mol. The summed E-state index contributed by atoms with van der Waals surface area (Å²) in [5.41, 5.74) is 1.80. The van der Waals surface area contributed by atoms with Gasteiger partial charge in [-0.3, -0.25) is 9.69 Å². The zero-order chi connectivity index (χ0) is 24.9. The van der Waals surface area contributed by atoms with Crippen LogP contribution in [0.15, 0.2) is 41.6 Å². The van der Waals surface area contributed by atoms with Crippen LogP contribution in [-0.2, 0) is 9.26 Å². The van der Waals surface area contributed by atoms with Crippen LogP contribution < -0.4 is 10.2 Å². The number of carbonyl (C=O) groups excluding carboxylic acids is 1. The number of oxime groups is 1. The van der Waals surface area contributed by atoms with Crippen LogP contribution in [0.2, 0.25) is 22.5 Å². The second kappa shape index (κ2) is 10.9. The maximum atomic E-state index is 12.3. The molecule has 1 aliphatic rings. The highest BCUT2D eigenvalue weighted by atomic mass is 35.5. The normalized spacial score (nSPS) is 17.8. The molecule has 1 aromatic heterocycles. The summed E-state index contributed by atoms with van der Waals surface area (Å²) in [7, 11) is -1.86. The lowest BCUT2D eigenvalue weighted by molar-refractivity contribution is 0.0695. The Bertz CT molecular complexity index is 1060. The minimum absolute atomic E-state index is 0.0984. The SMILES string of the molecule is CC(C)(C)[Si](C)(C)OCCN(C#N)c1ccc(C2C=NOC2CNC(=O)c2ccc(Cl)s2)cc1. The van der Waals surface area contributed by atoms with Crippen molar-refractivity contribution in [3.05, 3.63) is 51.2 Å². The van der Waals surface area contributed by atoms with Crippen LogP contribution in [0.25, 0.3) is 0 Å². The molecule has 1 N–H and O–H groups in total. The number of benzene rings is 1. The van der Waals surface area contributed by atoms with E-state index in [2.05, 4.69) is 50.5 Å². The lowest BCUT2D eigenvalue weighted by Crippen LogP contribution is -2.42. The third kappa shape index (κ3) is 6.39. The van der Waals surface area contributed by atoms with E-state index in [1.807, 2.05) is 24.3 Å². The van der Waals surface area contributed by atoms with Crippen molar-refractivity contribution < 1.29 is 14.1 Å². The number of nitriles is 1. The van der Waals surface area contributed by atoms with E-state index < -0.39 is 8.32 Å². The van der Waals surface area contributed by atoms with Gasteiger partial charge in [0.1, 0.15) is 0 Å². The predicted molar refractivity (Wildman–Crippen MR) is 140 cm³/mol. The van der Waals surface area contributed by atoms with E-state index in [0.717, 1.165) is 11.3 Å². The summed E-state index contributed by atoms with van der Waals surface area (Å²) >= 11 is 7.14. The van der Waals surface area contributed by atoms with Gasteiger partial charge in [0.2, 0.25) is 0 Å². The van der Waals surface area contributed by atoms with E-state index in [1.165, 1.54) is 11.3 Å². The Kier molecular flexibility index (Phi) is 8.41. The molecular formula is C24H31ClN4O3SSi. The van der Waals surface area contributed by atoms with Crippen LogP contribution in [-0.4, -0.2) is 46.2 Å². The van der Waals surface area contributed by atoms with E-state index >= 15 is 0 Å². The van der Waals surface area contributed by atoms with Crippen LogP contribution in [0.1, 0.15) is 41.9 Å². The quantitative estimate of drug-likeness (QED) is 0.265. The number of hydrogen-bond donors (Lipinski definition) is 1. The van der Waals surface area contributed by atoms with Gasteiger partial charge in [-0.2, -0.15) is 5.26 Å². The molecule has 1 aromatic carbocycles. The molecule has 1 amide bonds. The van der Waals surface area contributed by atoms with Gasteiger partial charge in [0, 0.05) is 0 Å². The first-order valence-electron chi connectivity index (χ1n) is 11.2. The minimum atomic E-state index is -1.86. The molecule has 10 heteroatoms. The number of hydrogen-bond acceptors (Lipinski definition) is 7. The molecule has 0 saturated carbocycles. The Morgan fingerprint density at radius 1 is 1.29 bits per heavy atom. The fourth-order valence-electron chi connectivity index (χ4n) is 3.24. The van der Waals surface area contributed by atoms with E-state index in [9.17, 15) is 10.1 Å². The molecule has 2 heterocycles. The van der Waals surface area contributed by atoms with Crippen LogP contribution >= 0.6 is 22.9 Å². The number of nitrogens with one attached hydrogen (secondary N) is 1. The van der Waals surface area contributed by atoms with Crippen molar-refractivity contribution in [2.75, 3.05) is 24.6 Å². The number of rotatable bonds is 9. The second-order valence-corrected chi connectivity index (χ2v) is 16.2. The maximum absolute atomic E-state index is 12.3. The number of nitrogens with zero attached hydrogens (tertiary/aromatic N) is 3. The number of thiophene rings is 1. The Morgan fingerprint density at radius 3 is 2.59 bits per heavy atom. The molecule has 3 rings (SSSR count). The minimum Gasteiger partial charge on any atom is -0.415 e. The average Bonchev–Trinajstić information content (AvgIpc) is 3.43. The zero-order valence-electron chi connectivity index (χ0n) is 20.2.